The number of piperazine rings is 1. The van der Waals surface area contributed by atoms with Crippen molar-refractivity contribution < 1.29 is 19.1 Å². The van der Waals surface area contributed by atoms with Crippen LogP contribution < -0.4 is 4.90 Å². The van der Waals surface area contributed by atoms with Crippen LogP contribution in [0.25, 0.3) is 0 Å². The molecule has 140 valence electrons. The van der Waals surface area contributed by atoms with Crippen molar-refractivity contribution in [2.24, 2.45) is 0 Å². The number of benzene rings is 1. The number of esters is 1. The predicted molar refractivity (Wildman–Crippen MR) is 97.1 cm³/mol. The SMILES string of the molecule is COC(=O)c1ccc(N2CCN(C(=O)OC(C)(C)C)C[C@H]2C)cc1C#N. The van der Waals surface area contributed by atoms with Crippen LogP contribution >= 0.6 is 0 Å². The van der Waals surface area contributed by atoms with Crippen LogP contribution in [0.4, 0.5) is 10.5 Å². The summed E-state index contributed by atoms with van der Waals surface area (Å²) in [6, 6.07) is 7.18. The summed E-state index contributed by atoms with van der Waals surface area (Å²) < 4.78 is 10.1. The smallest absolute Gasteiger partial charge is 0.410 e. The van der Waals surface area contributed by atoms with Crippen molar-refractivity contribution in [3.05, 3.63) is 29.3 Å². The maximum atomic E-state index is 12.2. The highest BCUT2D eigenvalue weighted by Gasteiger charge is 2.30. The molecule has 1 fully saturated rings. The van der Waals surface area contributed by atoms with Crippen LogP contribution in [0.5, 0.6) is 0 Å². The van der Waals surface area contributed by atoms with Gasteiger partial charge in [0.15, 0.2) is 0 Å². The molecule has 1 saturated heterocycles. The molecule has 1 atom stereocenters. The lowest BCUT2D eigenvalue weighted by molar-refractivity contribution is 0.0218. The summed E-state index contributed by atoms with van der Waals surface area (Å²) in [5, 5.41) is 9.33. The van der Waals surface area contributed by atoms with Crippen LogP contribution in [0.2, 0.25) is 0 Å². The molecule has 2 rings (SSSR count). The van der Waals surface area contributed by atoms with Gasteiger partial charge in [-0.15, -0.1) is 0 Å². The lowest BCUT2D eigenvalue weighted by Gasteiger charge is -2.41. The summed E-state index contributed by atoms with van der Waals surface area (Å²) in [7, 11) is 1.29. The summed E-state index contributed by atoms with van der Waals surface area (Å²) in [4.78, 5) is 27.8. The second-order valence-corrected chi connectivity index (χ2v) is 7.30. The fourth-order valence-corrected chi connectivity index (χ4v) is 2.92. The van der Waals surface area contributed by atoms with E-state index >= 15 is 0 Å². The topological polar surface area (TPSA) is 82.9 Å². The third-order valence-electron chi connectivity index (χ3n) is 4.14. The molecule has 26 heavy (non-hydrogen) atoms. The maximum Gasteiger partial charge on any atom is 0.410 e. The maximum absolute atomic E-state index is 12.2. The van der Waals surface area contributed by atoms with Crippen LogP contribution in [-0.2, 0) is 9.47 Å². The highest BCUT2D eigenvalue weighted by Crippen LogP contribution is 2.25. The number of carbonyl (C=O) groups excluding carboxylic acids is 2. The molecule has 1 aliphatic rings. The summed E-state index contributed by atoms with van der Waals surface area (Å²) in [6.45, 7) is 9.21. The quantitative estimate of drug-likeness (QED) is 0.755. The van der Waals surface area contributed by atoms with Gasteiger partial charge in [-0.3, -0.25) is 0 Å². The number of ether oxygens (including phenoxy) is 2. The van der Waals surface area contributed by atoms with Gasteiger partial charge in [0.05, 0.1) is 18.2 Å². The van der Waals surface area contributed by atoms with Gasteiger partial charge in [0, 0.05) is 31.4 Å². The second kappa shape index (κ2) is 7.65. The van der Waals surface area contributed by atoms with E-state index in [2.05, 4.69) is 4.90 Å². The lowest BCUT2D eigenvalue weighted by atomic mass is 10.1. The van der Waals surface area contributed by atoms with E-state index in [1.807, 2.05) is 33.8 Å². The number of rotatable bonds is 2. The van der Waals surface area contributed by atoms with E-state index in [0.717, 1.165) is 5.69 Å². The van der Waals surface area contributed by atoms with Gasteiger partial charge in [-0.2, -0.15) is 5.26 Å². The molecule has 0 aromatic heterocycles. The Morgan fingerprint density at radius 2 is 1.96 bits per heavy atom. The van der Waals surface area contributed by atoms with E-state index in [9.17, 15) is 14.9 Å². The molecular weight excluding hydrogens is 334 g/mol. The zero-order valence-electron chi connectivity index (χ0n) is 15.9. The van der Waals surface area contributed by atoms with Crippen LogP contribution in [0.15, 0.2) is 18.2 Å². The minimum atomic E-state index is -0.532. The molecule has 1 aliphatic heterocycles. The molecule has 7 heteroatoms. The third kappa shape index (κ3) is 4.45. The van der Waals surface area contributed by atoms with E-state index in [0.29, 0.717) is 19.6 Å². The highest BCUT2D eigenvalue weighted by molar-refractivity contribution is 5.92. The van der Waals surface area contributed by atoms with Crippen molar-refractivity contribution in [3.8, 4) is 6.07 Å². The second-order valence-electron chi connectivity index (χ2n) is 7.30. The first-order valence-electron chi connectivity index (χ1n) is 8.53. The normalized spacial score (nSPS) is 17.5. The Bertz CT molecular complexity index is 733. The van der Waals surface area contributed by atoms with E-state index in [1.54, 1.807) is 23.1 Å². The van der Waals surface area contributed by atoms with Gasteiger partial charge in [0.25, 0.3) is 0 Å². The summed E-state index contributed by atoms with van der Waals surface area (Å²) in [5.74, 6) is -0.532. The number of hydrogen-bond donors (Lipinski definition) is 0. The van der Waals surface area contributed by atoms with Crippen LogP contribution in [0, 0.1) is 11.3 Å². The molecular formula is C19H25N3O4. The number of amides is 1. The zero-order chi connectivity index (χ0) is 19.5. The largest absolute Gasteiger partial charge is 0.465 e. The fourth-order valence-electron chi connectivity index (χ4n) is 2.92. The Kier molecular flexibility index (Phi) is 5.76. The Labute approximate surface area is 154 Å². The summed E-state index contributed by atoms with van der Waals surface area (Å²) >= 11 is 0. The summed E-state index contributed by atoms with van der Waals surface area (Å²) in [6.07, 6.45) is -0.317. The van der Waals surface area contributed by atoms with Gasteiger partial charge in [-0.1, -0.05) is 0 Å². The number of hydrogen-bond acceptors (Lipinski definition) is 6. The molecule has 0 unspecified atom stereocenters. The average molecular weight is 359 g/mol. The van der Waals surface area contributed by atoms with E-state index in [-0.39, 0.29) is 23.3 Å². The van der Waals surface area contributed by atoms with Crippen molar-refractivity contribution in [2.45, 2.75) is 39.3 Å². The lowest BCUT2D eigenvalue weighted by Crippen LogP contribution is -2.54. The zero-order valence-corrected chi connectivity index (χ0v) is 15.9. The molecule has 0 bridgehead atoms. The molecule has 7 nitrogen and oxygen atoms in total. The van der Waals surface area contributed by atoms with Crippen molar-refractivity contribution in [1.29, 1.82) is 5.26 Å². The number of nitriles is 1. The van der Waals surface area contributed by atoms with E-state index < -0.39 is 11.6 Å². The molecule has 1 amide bonds. The first-order valence-corrected chi connectivity index (χ1v) is 8.53. The monoisotopic (exact) mass is 359 g/mol. The van der Waals surface area contributed by atoms with Gasteiger partial charge in [0.1, 0.15) is 11.7 Å². The number of anilines is 1. The number of nitrogens with zero attached hydrogens (tertiary/aromatic N) is 3. The third-order valence-corrected chi connectivity index (χ3v) is 4.14. The van der Waals surface area contributed by atoms with Crippen LogP contribution in [0.3, 0.4) is 0 Å². The fraction of sp³-hybridized carbons (Fsp3) is 0.526. The first-order chi connectivity index (χ1) is 12.2. The van der Waals surface area contributed by atoms with Crippen LogP contribution in [-0.4, -0.2) is 55.3 Å². The Morgan fingerprint density at radius 3 is 2.50 bits per heavy atom. The molecule has 0 aliphatic carbocycles. The van der Waals surface area contributed by atoms with Crippen molar-refractivity contribution in [1.82, 2.24) is 4.90 Å². The van der Waals surface area contributed by atoms with Crippen molar-refractivity contribution >= 4 is 17.7 Å². The Balaban J connectivity index is 2.14. The minimum Gasteiger partial charge on any atom is -0.465 e. The van der Waals surface area contributed by atoms with Crippen molar-refractivity contribution in [2.75, 3.05) is 31.6 Å². The number of methoxy groups -OCH3 is 1. The van der Waals surface area contributed by atoms with Crippen LogP contribution in [0.1, 0.15) is 43.6 Å². The van der Waals surface area contributed by atoms with E-state index in [4.69, 9.17) is 9.47 Å². The Morgan fingerprint density at radius 1 is 1.27 bits per heavy atom. The molecule has 0 spiro atoms. The average Bonchev–Trinajstić information content (AvgIpc) is 2.59. The van der Waals surface area contributed by atoms with Gasteiger partial charge in [-0.05, 0) is 45.9 Å². The molecule has 1 heterocycles. The minimum absolute atomic E-state index is 0.0480. The Hall–Kier alpha value is -2.75. The molecule has 1 aromatic rings. The first kappa shape index (κ1) is 19.6. The van der Waals surface area contributed by atoms with E-state index in [1.165, 1.54) is 7.11 Å². The summed E-state index contributed by atoms with van der Waals surface area (Å²) in [5.41, 5.74) is 0.837. The van der Waals surface area contributed by atoms with Crippen molar-refractivity contribution in [3.63, 3.8) is 0 Å². The molecule has 0 radical (unpaired) electrons. The van der Waals surface area contributed by atoms with Gasteiger partial charge in [-0.25, -0.2) is 9.59 Å². The molecule has 1 aromatic carbocycles. The van der Waals surface area contributed by atoms with Gasteiger partial charge in [0.2, 0.25) is 0 Å². The van der Waals surface area contributed by atoms with Gasteiger partial charge >= 0.3 is 12.1 Å². The molecule has 0 N–H and O–H groups in total. The predicted octanol–water partition coefficient (Wildman–Crippen LogP) is 2.79. The van der Waals surface area contributed by atoms with Gasteiger partial charge < -0.3 is 19.3 Å². The molecule has 0 saturated carbocycles. The number of carbonyl (C=O) groups is 2. The highest BCUT2D eigenvalue weighted by atomic mass is 16.6. The standard InChI is InChI=1S/C19H25N3O4/c1-13-12-21(18(24)26-19(2,3)4)8-9-22(13)15-6-7-16(17(23)25-5)14(10-15)11-20/h6-7,10,13H,8-9,12H2,1-5H3/t13-/m1/s1.